The van der Waals surface area contributed by atoms with Gasteiger partial charge in [0.25, 0.3) is 11.8 Å². The molecule has 10 heteroatoms. The van der Waals surface area contributed by atoms with Crippen LogP contribution in [-0.2, 0) is 9.59 Å². The summed E-state index contributed by atoms with van der Waals surface area (Å²) in [5.41, 5.74) is 2.74. The number of hydrogen-bond donors (Lipinski definition) is 4. The summed E-state index contributed by atoms with van der Waals surface area (Å²) < 4.78 is 5.70. The lowest BCUT2D eigenvalue weighted by molar-refractivity contribution is -0.114. The van der Waals surface area contributed by atoms with E-state index in [4.69, 9.17) is 4.74 Å². The fourth-order valence-corrected chi connectivity index (χ4v) is 4.83. The topological polar surface area (TPSA) is 134 Å². The molecule has 3 amide bonds. The van der Waals surface area contributed by atoms with Crippen LogP contribution in [0.5, 0.6) is 5.75 Å². The Balaban J connectivity index is 1.48. The standard InChI is InChI=1S/C34H31N3O6S/c1-3-43-30-15-8-7-12-24(30)18-29(37-32(39)23-10-5-4-6-11-23)33(40)35-26-13-9-14-27(20-26)44-21-31(38)36-28-19-25(34(41)42)17-16-22(28)2/h4-20H,3,21H2,1-2H3,(H,35,40)(H,36,38)(H,37,39)(H,41,42)/b29-18+. The number of thioether (sulfide) groups is 1. The average molecular weight is 610 g/mol. The number of carboxylic acids is 1. The minimum Gasteiger partial charge on any atom is -0.493 e. The first-order valence-corrected chi connectivity index (χ1v) is 14.7. The fourth-order valence-electron chi connectivity index (χ4n) is 4.07. The van der Waals surface area contributed by atoms with E-state index in [1.54, 1.807) is 85.8 Å². The Bertz CT molecular complexity index is 1700. The number of para-hydroxylation sites is 1. The van der Waals surface area contributed by atoms with Gasteiger partial charge in [-0.15, -0.1) is 11.8 Å². The normalized spacial score (nSPS) is 10.9. The maximum absolute atomic E-state index is 13.5. The molecule has 44 heavy (non-hydrogen) atoms. The van der Waals surface area contributed by atoms with Crippen molar-refractivity contribution >= 4 is 52.9 Å². The van der Waals surface area contributed by atoms with Gasteiger partial charge in [-0.3, -0.25) is 14.4 Å². The smallest absolute Gasteiger partial charge is 0.335 e. The molecular weight excluding hydrogens is 578 g/mol. The third-order valence-electron chi connectivity index (χ3n) is 6.27. The molecule has 224 valence electrons. The number of aryl methyl sites for hydroxylation is 1. The summed E-state index contributed by atoms with van der Waals surface area (Å²) in [7, 11) is 0. The molecule has 0 saturated carbocycles. The maximum atomic E-state index is 13.5. The van der Waals surface area contributed by atoms with E-state index < -0.39 is 17.8 Å². The number of benzene rings is 4. The second-order valence-electron chi connectivity index (χ2n) is 9.50. The maximum Gasteiger partial charge on any atom is 0.335 e. The first kappa shape index (κ1) is 31.6. The van der Waals surface area contributed by atoms with Gasteiger partial charge in [-0.2, -0.15) is 0 Å². The molecule has 9 nitrogen and oxygen atoms in total. The molecule has 0 bridgehead atoms. The minimum absolute atomic E-state index is 0.0161. The predicted molar refractivity (Wildman–Crippen MR) is 172 cm³/mol. The van der Waals surface area contributed by atoms with Gasteiger partial charge in [-0.05, 0) is 74.0 Å². The van der Waals surface area contributed by atoms with Gasteiger partial charge in [-0.1, -0.05) is 48.5 Å². The molecule has 0 aliphatic carbocycles. The zero-order valence-corrected chi connectivity index (χ0v) is 24.9. The third kappa shape index (κ3) is 8.83. The molecule has 0 spiro atoms. The lowest BCUT2D eigenvalue weighted by atomic mass is 10.1. The van der Waals surface area contributed by atoms with Crippen LogP contribution in [-0.4, -0.2) is 41.2 Å². The van der Waals surface area contributed by atoms with Crippen molar-refractivity contribution < 1.29 is 29.0 Å². The molecule has 4 rings (SSSR count). The molecule has 0 aliphatic heterocycles. The van der Waals surface area contributed by atoms with Crippen LogP contribution in [0.25, 0.3) is 6.08 Å². The molecule has 0 aromatic heterocycles. The Kier molecular flexibility index (Phi) is 10.9. The van der Waals surface area contributed by atoms with Gasteiger partial charge in [0.15, 0.2) is 0 Å². The summed E-state index contributed by atoms with van der Waals surface area (Å²) in [6.45, 7) is 4.07. The Morgan fingerprint density at radius 2 is 1.59 bits per heavy atom. The van der Waals surface area contributed by atoms with Gasteiger partial charge in [0.2, 0.25) is 5.91 Å². The highest BCUT2D eigenvalue weighted by Crippen LogP contribution is 2.25. The number of ether oxygens (including phenoxy) is 1. The molecule has 0 saturated heterocycles. The zero-order valence-electron chi connectivity index (χ0n) is 24.1. The summed E-state index contributed by atoms with van der Waals surface area (Å²) in [6.07, 6.45) is 1.56. The van der Waals surface area contributed by atoms with Crippen LogP contribution < -0.4 is 20.7 Å². The molecule has 4 N–H and O–H groups in total. The quantitative estimate of drug-likeness (QED) is 0.110. The molecular formula is C34H31N3O6S. The summed E-state index contributed by atoms with van der Waals surface area (Å²) in [5.74, 6) is -1.76. The average Bonchev–Trinajstić information content (AvgIpc) is 3.02. The number of carboxylic acid groups (broad SMARTS) is 1. The van der Waals surface area contributed by atoms with Crippen LogP contribution in [0.4, 0.5) is 11.4 Å². The van der Waals surface area contributed by atoms with Crippen molar-refractivity contribution in [2.75, 3.05) is 23.0 Å². The van der Waals surface area contributed by atoms with Gasteiger partial charge < -0.3 is 25.8 Å². The molecule has 0 fully saturated rings. The Labute approximate surface area is 259 Å². The van der Waals surface area contributed by atoms with Gasteiger partial charge in [0, 0.05) is 27.4 Å². The van der Waals surface area contributed by atoms with Gasteiger partial charge in [0.1, 0.15) is 11.4 Å². The highest BCUT2D eigenvalue weighted by Gasteiger charge is 2.17. The van der Waals surface area contributed by atoms with Crippen LogP contribution in [0.1, 0.15) is 38.8 Å². The van der Waals surface area contributed by atoms with E-state index in [1.165, 1.54) is 23.9 Å². The number of aromatic carboxylic acids is 1. The summed E-state index contributed by atoms with van der Waals surface area (Å²) in [6, 6.07) is 27.3. The van der Waals surface area contributed by atoms with Crippen molar-refractivity contribution in [1.82, 2.24) is 5.32 Å². The summed E-state index contributed by atoms with van der Waals surface area (Å²) in [5, 5.41) is 17.5. The number of hydrogen-bond acceptors (Lipinski definition) is 6. The Morgan fingerprint density at radius 1 is 0.841 bits per heavy atom. The van der Waals surface area contributed by atoms with Crippen molar-refractivity contribution in [3.63, 3.8) is 0 Å². The van der Waals surface area contributed by atoms with Crippen LogP contribution >= 0.6 is 11.8 Å². The minimum atomic E-state index is -1.08. The number of carbonyl (C=O) groups excluding carboxylic acids is 3. The molecule has 4 aromatic rings. The Morgan fingerprint density at radius 3 is 2.34 bits per heavy atom. The van der Waals surface area contributed by atoms with E-state index >= 15 is 0 Å². The molecule has 4 aromatic carbocycles. The van der Waals surface area contributed by atoms with Crippen molar-refractivity contribution in [2.24, 2.45) is 0 Å². The predicted octanol–water partition coefficient (Wildman–Crippen LogP) is 6.23. The van der Waals surface area contributed by atoms with E-state index in [2.05, 4.69) is 16.0 Å². The fraction of sp³-hybridized carbons (Fsp3) is 0.118. The second-order valence-corrected chi connectivity index (χ2v) is 10.6. The van der Waals surface area contributed by atoms with E-state index in [9.17, 15) is 24.3 Å². The first-order valence-electron chi connectivity index (χ1n) is 13.7. The largest absolute Gasteiger partial charge is 0.493 e. The van der Waals surface area contributed by atoms with Gasteiger partial charge in [-0.25, -0.2) is 4.79 Å². The van der Waals surface area contributed by atoms with Crippen LogP contribution in [0.3, 0.4) is 0 Å². The van der Waals surface area contributed by atoms with E-state index in [1.807, 2.05) is 19.1 Å². The van der Waals surface area contributed by atoms with Crippen LogP contribution in [0.2, 0.25) is 0 Å². The number of amides is 3. The lowest BCUT2D eigenvalue weighted by Gasteiger charge is -2.13. The zero-order chi connectivity index (χ0) is 31.5. The van der Waals surface area contributed by atoms with Crippen LogP contribution in [0.15, 0.2) is 108 Å². The van der Waals surface area contributed by atoms with Crippen molar-refractivity contribution in [3.8, 4) is 5.75 Å². The van der Waals surface area contributed by atoms with Gasteiger partial charge in [0.05, 0.1) is 17.9 Å². The van der Waals surface area contributed by atoms with E-state index in [0.717, 1.165) is 10.5 Å². The lowest BCUT2D eigenvalue weighted by Crippen LogP contribution is -2.30. The molecule has 0 aliphatic rings. The molecule has 0 radical (unpaired) electrons. The number of anilines is 2. The highest BCUT2D eigenvalue weighted by molar-refractivity contribution is 8.00. The number of nitrogens with one attached hydrogen (secondary N) is 3. The first-order chi connectivity index (χ1) is 21.2. The summed E-state index contributed by atoms with van der Waals surface area (Å²) >= 11 is 1.25. The molecule has 0 unspecified atom stereocenters. The monoisotopic (exact) mass is 609 g/mol. The van der Waals surface area contributed by atoms with Gasteiger partial charge >= 0.3 is 5.97 Å². The number of rotatable bonds is 12. The second kappa shape index (κ2) is 15.2. The molecule has 0 atom stereocenters. The highest BCUT2D eigenvalue weighted by atomic mass is 32.2. The summed E-state index contributed by atoms with van der Waals surface area (Å²) in [4.78, 5) is 51.1. The molecule has 0 heterocycles. The van der Waals surface area contributed by atoms with E-state index in [-0.39, 0.29) is 22.9 Å². The Hall–Kier alpha value is -5.35. The van der Waals surface area contributed by atoms with Crippen molar-refractivity contribution in [3.05, 3.63) is 125 Å². The SMILES string of the molecule is CCOc1ccccc1/C=C(/NC(=O)c1ccccc1)C(=O)Nc1cccc(SCC(=O)Nc2cc(C(=O)O)ccc2C)c1. The third-order valence-corrected chi connectivity index (χ3v) is 7.26. The van der Waals surface area contributed by atoms with Crippen molar-refractivity contribution in [1.29, 1.82) is 0 Å². The van der Waals surface area contributed by atoms with E-state index in [0.29, 0.717) is 34.9 Å². The van der Waals surface area contributed by atoms with Crippen molar-refractivity contribution in [2.45, 2.75) is 18.7 Å². The number of carbonyl (C=O) groups is 4. The van der Waals surface area contributed by atoms with Crippen LogP contribution in [0, 0.1) is 6.92 Å².